The monoisotopic (exact) mass is 171 g/mol. The molecule has 1 spiro atoms. The molecule has 0 aliphatic carbocycles. The number of nitrogens with one attached hydrogen (secondary N) is 1. The van der Waals surface area contributed by atoms with Crippen LogP contribution in [-0.4, -0.2) is 24.1 Å². The molecule has 2 heteroatoms. The summed E-state index contributed by atoms with van der Waals surface area (Å²) in [7, 11) is 0. The van der Waals surface area contributed by atoms with E-state index in [1.165, 1.54) is 38.1 Å². The Balaban J connectivity index is 1.98. The summed E-state index contributed by atoms with van der Waals surface area (Å²) in [4.78, 5) is 0. The lowest BCUT2D eigenvalue weighted by Gasteiger charge is -2.33. The Hall–Kier alpha value is 0.310. The first kappa shape index (κ1) is 7.93. The van der Waals surface area contributed by atoms with Crippen molar-refractivity contribution in [2.24, 2.45) is 5.41 Å². The van der Waals surface area contributed by atoms with Crippen molar-refractivity contribution >= 4 is 11.8 Å². The van der Waals surface area contributed by atoms with Crippen LogP contribution in [0.1, 0.15) is 26.2 Å². The van der Waals surface area contributed by atoms with E-state index >= 15 is 0 Å². The summed E-state index contributed by atoms with van der Waals surface area (Å²) in [6.07, 6.45) is 4.31. The topological polar surface area (TPSA) is 12.0 Å². The van der Waals surface area contributed by atoms with Crippen LogP contribution < -0.4 is 5.32 Å². The van der Waals surface area contributed by atoms with Crippen LogP contribution in [0.25, 0.3) is 0 Å². The number of rotatable bonds is 0. The summed E-state index contributed by atoms with van der Waals surface area (Å²) < 4.78 is 0. The molecule has 11 heavy (non-hydrogen) atoms. The van der Waals surface area contributed by atoms with Crippen molar-refractivity contribution in [3.63, 3.8) is 0 Å². The standard InChI is InChI=1S/C9H17NS/c1-8-6-9(7-11-8)2-4-10-5-3-9/h8,10H,2-7H2,1H3. The molecule has 1 N–H and O–H groups in total. The molecule has 2 rings (SSSR count). The predicted molar refractivity (Wildman–Crippen MR) is 51.1 cm³/mol. The first-order valence-electron chi connectivity index (χ1n) is 4.63. The molecule has 1 atom stereocenters. The Morgan fingerprint density at radius 2 is 2.09 bits per heavy atom. The van der Waals surface area contributed by atoms with Gasteiger partial charge in [-0.2, -0.15) is 11.8 Å². The van der Waals surface area contributed by atoms with Crippen molar-refractivity contribution in [3.8, 4) is 0 Å². The fourth-order valence-electron chi connectivity index (χ4n) is 2.35. The van der Waals surface area contributed by atoms with Crippen molar-refractivity contribution in [3.05, 3.63) is 0 Å². The summed E-state index contributed by atoms with van der Waals surface area (Å²) in [6.45, 7) is 4.89. The number of hydrogen-bond donors (Lipinski definition) is 1. The Morgan fingerprint density at radius 1 is 1.36 bits per heavy atom. The van der Waals surface area contributed by atoms with E-state index in [0.29, 0.717) is 0 Å². The van der Waals surface area contributed by atoms with Crippen LogP contribution in [0.15, 0.2) is 0 Å². The highest BCUT2D eigenvalue weighted by molar-refractivity contribution is 8.00. The predicted octanol–water partition coefficient (Wildman–Crippen LogP) is 1.88. The van der Waals surface area contributed by atoms with Crippen LogP contribution >= 0.6 is 11.8 Å². The van der Waals surface area contributed by atoms with Crippen LogP contribution in [0.3, 0.4) is 0 Å². The van der Waals surface area contributed by atoms with Gasteiger partial charge < -0.3 is 5.32 Å². The third-order valence-corrected chi connectivity index (χ3v) is 4.57. The van der Waals surface area contributed by atoms with Gasteiger partial charge in [-0.1, -0.05) is 6.92 Å². The van der Waals surface area contributed by atoms with Crippen LogP contribution in [0.4, 0.5) is 0 Å². The summed E-state index contributed by atoms with van der Waals surface area (Å²) >= 11 is 2.17. The van der Waals surface area contributed by atoms with Gasteiger partial charge in [-0.15, -0.1) is 0 Å². The van der Waals surface area contributed by atoms with Crippen molar-refractivity contribution in [1.29, 1.82) is 0 Å². The van der Waals surface area contributed by atoms with E-state index in [1.807, 2.05) is 0 Å². The van der Waals surface area contributed by atoms with E-state index in [2.05, 4.69) is 24.0 Å². The van der Waals surface area contributed by atoms with Gasteiger partial charge in [0.2, 0.25) is 0 Å². The average Bonchev–Trinajstić information content (AvgIpc) is 2.34. The lowest BCUT2D eigenvalue weighted by atomic mass is 9.77. The van der Waals surface area contributed by atoms with E-state index in [1.54, 1.807) is 0 Å². The van der Waals surface area contributed by atoms with E-state index in [9.17, 15) is 0 Å². The Kier molecular flexibility index (Phi) is 2.15. The van der Waals surface area contributed by atoms with Gasteiger partial charge in [0, 0.05) is 5.25 Å². The van der Waals surface area contributed by atoms with Crippen LogP contribution in [0.5, 0.6) is 0 Å². The molecular weight excluding hydrogens is 154 g/mol. The van der Waals surface area contributed by atoms with Gasteiger partial charge in [0.1, 0.15) is 0 Å². The average molecular weight is 171 g/mol. The zero-order valence-corrected chi connectivity index (χ0v) is 8.04. The smallest absolute Gasteiger partial charge is 0.00245 e. The molecule has 64 valence electrons. The van der Waals surface area contributed by atoms with Crippen LogP contribution in [-0.2, 0) is 0 Å². The summed E-state index contributed by atoms with van der Waals surface area (Å²) in [5, 5.41) is 4.37. The zero-order valence-electron chi connectivity index (χ0n) is 7.23. The summed E-state index contributed by atoms with van der Waals surface area (Å²) in [5.74, 6) is 1.43. The van der Waals surface area contributed by atoms with Crippen molar-refractivity contribution in [2.75, 3.05) is 18.8 Å². The second kappa shape index (κ2) is 2.98. The van der Waals surface area contributed by atoms with Gasteiger partial charge >= 0.3 is 0 Å². The number of piperidine rings is 1. The van der Waals surface area contributed by atoms with Gasteiger partial charge in [0.25, 0.3) is 0 Å². The zero-order chi connectivity index (χ0) is 7.73. The number of thioether (sulfide) groups is 1. The highest BCUT2D eigenvalue weighted by atomic mass is 32.2. The third-order valence-electron chi connectivity index (χ3n) is 3.06. The number of hydrogen-bond acceptors (Lipinski definition) is 2. The van der Waals surface area contributed by atoms with Gasteiger partial charge in [0.15, 0.2) is 0 Å². The minimum Gasteiger partial charge on any atom is -0.317 e. The Labute approximate surface area is 73.3 Å². The molecule has 0 bridgehead atoms. The van der Waals surface area contributed by atoms with Crippen molar-refractivity contribution < 1.29 is 0 Å². The molecule has 0 aromatic carbocycles. The van der Waals surface area contributed by atoms with Crippen LogP contribution in [0, 0.1) is 5.41 Å². The van der Waals surface area contributed by atoms with E-state index in [0.717, 1.165) is 10.7 Å². The van der Waals surface area contributed by atoms with E-state index in [4.69, 9.17) is 0 Å². The lowest BCUT2D eigenvalue weighted by Crippen LogP contribution is -2.36. The molecule has 0 saturated carbocycles. The van der Waals surface area contributed by atoms with Crippen molar-refractivity contribution in [2.45, 2.75) is 31.4 Å². The molecule has 2 saturated heterocycles. The molecule has 0 aromatic heterocycles. The maximum Gasteiger partial charge on any atom is 0.00245 e. The molecule has 0 radical (unpaired) electrons. The van der Waals surface area contributed by atoms with Gasteiger partial charge in [-0.25, -0.2) is 0 Å². The van der Waals surface area contributed by atoms with Gasteiger partial charge in [-0.3, -0.25) is 0 Å². The third kappa shape index (κ3) is 1.57. The fourth-order valence-corrected chi connectivity index (χ4v) is 3.87. The van der Waals surface area contributed by atoms with E-state index in [-0.39, 0.29) is 0 Å². The minimum atomic E-state index is 0.745. The van der Waals surface area contributed by atoms with Crippen molar-refractivity contribution in [1.82, 2.24) is 5.32 Å². The molecular formula is C9H17NS. The Bertz CT molecular complexity index is 135. The Morgan fingerprint density at radius 3 is 2.64 bits per heavy atom. The molecule has 2 fully saturated rings. The SMILES string of the molecule is CC1CC2(CCNCC2)CS1. The second-order valence-corrected chi connectivity index (χ2v) is 5.50. The van der Waals surface area contributed by atoms with Gasteiger partial charge in [-0.05, 0) is 43.5 Å². The van der Waals surface area contributed by atoms with E-state index < -0.39 is 0 Å². The molecule has 0 aromatic rings. The molecule has 0 amide bonds. The molecule has 1 nitrogen and oxygen atoms in total. The largest absolute Gasteiger partial charge is 0.317 e. The maximum absolute atomic E-state index is 3.44. The molecule has 2 aliphatic rings. The maximum atomic E-state index is 3.44. The molecule has 1 unspecified atom stereocenters. The normalized spacial score (nSPS) is 36.3. The van der Waals surface area contributed by atoms with Gasteiger partial charge in [0.05, 0.1) is 0 Å². The molecule has 2 heterocycles. The first-order chi connectivity index (χ1) is 5.31. The lowest BCUT2D eigenvalue weighted by molar-refractivity contribution is 0.231. The minimum absolute atomic E-state index is 0.745. The highest BCUT2D eigenvalue weighted by Gasteiger charge is 2.38. The second-order valence-electron chi connectivity index (χ2n) is 4.08. The first-order valence-corrected chi connectivity index (χ1v) is 5.68. The van der Waals surface area contributed by atoms with Crippen LogP contribution in [0.2, 0.25) is 0 Å². The summed E-state index contributed by atoms with van der Waals surface area (Å²) in [5.41, 5.74) is 0.745. The summed E-state index contributed by atoms with van der Waals surface area (Å²) in [6, 6.07) is 0. The highest BCUT2D eigenvalue weighted by Crippen LogP contribution is 2.46. The molecule has 2 aliphatic heterocycles. The quantitative estimate of drug-likeness (QED) is 0.597. The fraction of sp³-hybridized carbons (Fsp3) is 1.00.